The first-order valence-corrected chi connectivity index (χ1v) is 8.91. The van der Waals surface area contributed by atoms with Crippen LogP contribution in [0.2, 0.25) is 0 Å². The van der Waals surface area contributed by atoms with Gasteiger partial charge in [-0.05, 0) is 43.3 Å². The van der Waals surface area contributed by atoms with Crippen LogP contribution in [0, 0.1) is 5.82 Å². The number of halogens is 1. The Kier molecular flexibility index (Phi) is 3.77. The van der Waals surface area contributed by atoms with Crippen molar-refractivity contribution < 1.29 is 13.9 Å². The van der Waals surface area contributed by atoms with Crippen LogP contribution < -0.4 is 10.5 Å². The van der Waals surface area contributed by atoms with Crippen LogP contribution in [-0.4, -0.2) is 14.5 Å². The predicted molar refractivity (Wildman–Crippen MR) is 103 cm³/mol. The fraction of sp³-hybridized carbons (Fsp3) is 0.143. The molecule has 2 aromatic heterocycles. The zero-order valence-corrected chi connectivity index (χ0v) is 15.1. The third-order valence-corrected chi connectivity index (χ3v) is 4.91. The van der Waals surface area contributed by atoms with E-state index in [4.69, 9.17) is 15.2 Å². The van der Waals surface area contributed by atoms with Gasteiger partial charge in [0.2, 0.25) is 0 Å². The Labute approximate surface area is 160 Å². The van der Waals surface area contributed by atoms with Crippen LogP contribution in [0.1, 0.15) is 24.3 Å². The Bertz CT molecular complexity index is 1190. The van der Waals surface area contributed by atoms with Gasteiger partial charge in [-0.3, -0.25) is 0 Å². The van der Waals surface area contributed by atoms with E-state index in [2.05, 4.69) is 9.97 Å². The lowest BCUT2D eigenvalue weighted by Gasteiger charge is -2.12. The fourth-order valence-electron chi connectivity index (χ4n) is 3.67. The van der Waals surface area contributed by atoms with Crippen molar-refractivity contribution in [1.29, 1.82) is 0 Å². The Morgan fingerprint density at radius 3 is 2.75 bits per heavy atom. The Balaban J connectivity index is 1.58. The van der Waals surface area contributed by atoms with Gasteiger partial charge in [-0.2, -0.15) is 0 Å². The van der Waals surface area contributed by atoms with E-state index in [-0.39, 0.29) is 11.9 Å². The molecule has 0 saturated heterocycles. The molecule has 0 fully saturated rings. The molecule has 0 saturated carbocycles. The molecular weight excluding hydrogens is 359 g/mol. The van der Waals surface area contributed by atoms with E-state index in [1.807, 2.05) is 35.8 Å². The van der Waals surface area contributed by atoms with Crippen LogP contribution in [0.25, 0.3) is 16.7 Å². The maximum Gasteiger partial charge on any atom is 0.151 e. The highest BCUT2D eigenvalue weighted by atomic mass is 19.1. The highest BCUT2D eigenvalue weighted by molar-refractivity contribution is 5.91. The van der Waals surface area contributed by atoms with Crippen molar-refractivity contribution in [2.45, 2.75) is 19.6 Å². The van der Waals surface area contributed by atoms with Crippen LogP contribution >= 0.6 is 0 Å². The maximum absolute atomic E-state index is 13.3. The molecule has 0 bridgehead atoms. The first kappa shape index (κ1) is 16.7. The SMILES string of the molecule is CC1OCc2c1c1ncnc(N)c1n2-c1ccc(Oc2cccc(F)c2)cc1. The van der Waals surface area contributed by atoms with Gasteiger partial charge in [0.25, 0.3) is 0 Å². The topological polar surface area (TPSA) is 75.2 Å². The lowest BCUT2D eigenvalue weighted by molar-refractivity contribution is 0.0783. The average Bonchev–Trinajstić information content (AvgIpc) is 3.22. The second-order valence-corrected chi connectivity index (χ2v) is 6.66. The van der Waals surface area contributed by atoms with Gasteiger partial charge >= 0.3 is 0 Å². The number of benzene rings is 2. The summed E-state index contributed by atoms with van der Waals surface area (Å²) in [5.41, 5.74) is 10.7. The van der Waals surface area contributed by atoms with E-state index < -0.39 is 0 Å². The molecule has 1 unspecified atom stereocenters. The van der Waals surface area contributed by atoms with Crippen molar-refractivity contribution >= 4 is 16.9 Å². The Hall–Kier alpha value is -3.45. The number of ether oxygens (including phenoxy) is 2. The molecule has 6 nitrogen and oxygen atoms in total. The molecule has 28 heavy (non-hydrogen) atoms. The van der Waals surface area contributed by atoms with Crippen molar-refractivity contribution in [2.24, 2.45) is 0 Å². The van der Waals surface area contributed by atoms with Gasteiger partial charge in [0.1, 0.15) is 34.7 Å². The lowest BCUT2D eigenvalue weighted by atomic mass is 10.1. The average molecular weight is 376 g/mol. The van der Waals surface area contributed by atoms with E-state index in [0.717, 1.165) is 28.0 Å². The summed E-state index contributed by atoms with van der Waals surface area (Å²) in [4.78, 5) is 8.60. The molecule has 5 rings (SSSR count). The summed E-state index contributed by atoms with van der Waals surface area (Å²) in [6.07, 6.45) is 1.42. The summed E-state index contributed by atoms with van der Waals surface area (Å²) in [6.45, 7) is 2.48. The van der Waals surface area contributed by atoms with E-state index >= 15 is 0 Å². The summed E-state index contributed by atoms with van der Waals surface area (Å²) in [6, 6.07) is 13.5. The van der Waals surface area contributed by atoms with Crippen molar-refractivity contribution in [3.05, 3.63) is 71.9 Å². The minimum absolute atomic E-state index is 0.0522. The minimum Gasteiger partial charge on any atom is -0.457 e. The molecule has 0 spiro atoms. The summed E-state index contributed by atoms with van der Waals surface area (Å²) < 4.78 is 26.9. The number of nitrogens with zero attached hydrogens (tertiary/aromatic N) is 3. The van der Waals surface area contributed by atoms with E-state index in [9.17, 15) is 4.39 Å². The van der Waals surface area contributed by atoms with Gasteiger partial charge in [0, 0.05) is 17.3 Å². The highest BCUT2D eigenvalue weighted by Crippen LogP contribution is 2.40. The quantitative estimate of drug-likeness (QED) is 0.569. The van der Waals surface area contributed by atoms with Crippen LogP contribution in [-0.2, 0) is 11.3 Å². The summed E-state index contributed by atoms with van der Waals surface area (Å²) in [5.74, 6) is 1.14. The van der Waals surface area contributed by atoms with Crippen LogP contribution in [0.15, 0.2) is 54.9 Å². The molecule has 4 aromatic rings. The second-order valence-electron chi connectivity index (χ2n) is 6.66. The number of hydrogen-bond acceptors (Lipinski definition) is 5. The number of fused-ring (bicyclic) bond motifs is 3. The second kappa shape index (κ2) is 6.31. The largest absolute Gasteiger partial charge is 0.457 e. The van der Waals surface area contributed by atoms with Crippen molar-refractivity contribution in [1.82, 2.24) is 14.5 Å². The fourth-order valence-corrected chi connectivity index (χ4v) is 3.67. The van der Waals surface area contributed by atoms with E-state index in [0.29, 0.717) is 23.9 Å². The summed E-state index contributed by atoms with van der Waals surface area (Å²) in [5, 5.41) is 0. The first-order valence-electron chi connectivity index (χ1n) is 8.91. The van der Waals surface area contributed by atoms with Crippen molar-refractivity contribution in [2.75, 3.05) is 5.73 Å². The monoisotopic (exact) mass is 376 g/mol. The third kappa shape index (κ3) is 2.59. The predicted octanol–water partition coefficient (Wildman–Crippen LogP) is 4.53. The number of nitrogen functional groups attached to an aromatic ring is 1. The Morgan fingerprint density at radius 1 is 1.14 bits per heavy atom. The van der Waals surface area contributed by atoms with Crippen molar-refractivity contribution in [3.8, 4) is 17.2 Å². The molecule has 2 N–H and O–H groups in total. The molecule has 0 radical (unpaired) electrons. The molecular formula is C21H17FN4O2. The molecule has 3 heterocycles. The van der Waals surface area contributed by atoms with Gasteiger partial charge in [-0.1, -0.05) is 6.07 Å². The van der Waals surface area contributed by atoms with Gasteiger partial charge in [-0.25, -0.2) is 14.4 Å². The zero-order chi connectivity index (χ0) is 19.3. The smallest absolute Gasteiger partial charge is 0.151 e. The summed E-state index contributed by atoms with van der Waals surface area (Å²) in [7, 11) is 0. The molecule has 2 aromatic carbocycles. The lowest BCUT2D eigenvalue weighted by Crippen LogP contribution is -2.03. The normalized spacial score (nSPS) is 15.7. The number of rotatable bonds is 3. The zero-order valence-electron chi connectivity index (χ0n) is 15.1. The van der Waals surface area contributed by atoms with E-state index in [1.54, 1.807) is 12.1 Å². The summed E-state index contributed by atoms with van der Waals surface area (Å²) >= 11 is 0. The molecule has 1 aliphatic heterocycles. The minimum atomic E-state index is -0.340. The molecule has 0 amide bonds. The van der Waals surface area contributed by atoms with E-state index in [1.165, 1.54) is 18.5 Å². The number of aromatic nitrogens is 3. The number of nitrogens with two attached hydrogens (primary N) is 1. The molecule has 140 valence electrons. The van der Waals surface area contributed by atoms with Crippen molar-refractivity contribution in [3.63, 3.8) is 0 Å². The first-order chi connectivity index (χ1) is 13.6. The number of hydrogen-bond donors (Lipinski definition) is 1. The van der Waals surface area contributed by atoms with Crippen LogP contribution in [0.3, 0.4) is 0 Å². The maximum atomic E-state index is 13.3. The van der Waals surface area contributed by atoms with Gasteiger partial charge in [0.05, 0.1) is 18.4 Å². The molecule has 7 heteroatoms. The third-order valence-electron chi connectivity index (χ3n) is 4.91. The van der Waals surface area contributed by atoms with Gasteiger partial charge in [-0.15, -0.1) is 0 Å². The van der Waals surface area contributed by atoms with Gasteiger partial charge < -0.3 is 19.8 Å². The molecule has 1 aliphatic rings. The Morgan fingerprint density at radius 2 is 1.96 bits per heavy atom. The molecule has 0 aliphatic carbocycles. The molecule has 1 atom stereocenters. The van der Waals surface area contributed by atoms with Crippen LogP contribution in [0.5, 0.6) is 11.5 Å². The number of anilines is 1. The highest BCUT2D eigenvalue weighted by Gasteiger charge is 2.30. The van der Waals surface area contributed by atoms with Crippen LogP contribution in [0.4, 0.5) is 10.2 Å². The van der Waals surface area contributed by atoms with Gasteiger partial charge in [0.15, 0.2) is 5.82 Å². The standard InChI is InChI=1S/C21H17FN4O2/c1-12-18-17(10-27-12)26(20-19(18)24-11-25-21(20)23)14-5-7-15(8-6-14)28-16-4-2-3-13(22)9-16/h2-9,11-12H,10H2,1H3,(H2,23,24,25).